The lowest BCUT2D eigenvalue weighted by molar-refractivity contribution is 0.0620. The third-order valence-corrected chi connectivity index (χ3v) is 5.30. The van der Waals surface area contributed by atoms with Gasteiger partial charge in [-0.2, -0.15) is 5.26 Å². The predicted octanol–water partition coefficient (Wildman–Crippen LogP) is 4.13. The average molecular weight is 328 g/mol. The highest BCUT2D eigenvalue weighted by Crippen LogP contribution is 2.38. The SMILES string of the molecule is N#Cc1cnc2ccc(Cl)cc2c1NC1CCCC2OCCC12. The van der Waals surface area contributed by atoms with Crippen LogP contribution in [0.2, 0.25) is 5.02 Å². The van der Waals surface area contributed by atoms with Gasteiger partial charge in [0.05, 0.1) is 22.9 Å². The smallest absolute Gasteiger partial charge is 0.103 e. The van der Waals surface area contributed by atoms with Crippen LogP contribution in [0.3, 0.4) is 0 Å². The first-order valence-corrected chi connectivity index (χ1v) is 8.50. The number of fused-ring (bicyclic) bond motifs is 2. The van der Waals surface area contributed by atoms with E-state index in [1.54, 1.807) is 6.20 Å². The topological polar surface area (TPSA) is 57.9 Å². The highest BCUT2D eigenvalue weighted by atomic mass is 35.5. The van der Waals surface area contributed by atoms with Crippen LogP contribution in [0, 0.1) is 17.2 Å². The summed E-state index contributed by atoms with van der Waals surface area (Å²) in [5.74, 6) is 0.526. The lowest BCUT2D eigenvalue weighted by atomic mass is 9.81. The molecule has 1 saturated heterocycles. The van der Waals surface area contributed by atoms with Crippen molar-refractivity contribution in [3.63, 3.8) is 0 Å². The highest BCUT2D eigenvalue weighted by Gasteiger charge is 2.37. The Morgan fingerprint density at radius 3 is 3.09 bits per heavy atom. The zero-order valence-corrected chi connectivity index (χ0v) is 13.5. The van der Waals surface area contributed by atoms with E-state index in [2.05, 4.69) is 16.4 Å². The Morgan fingerprint density at radius 2 is 2.22 bits per heavy atom. The van der Waals surface area contributed by atoms with E-state index in [-0.39, 0.29) is 0 Å². The number of ether oxygens (including phenoxy) is 1. The van der Waals surface area contributed by atoms with Crippen LogP contribution in [-0.4, -0.2) is 23.7 Å². The van der Waals surface area contributed by atoms with Crippen molar-refractivity contribution in [3.8, 4) is 6.07 Å². The van der Waals surface area contributed by atoms with Crippen molar-refractivity contribution in [2.24, 2.45) is 5.92 Å². The zero-order chi connectivity index (χ0) is 15.8. The number of hydrogen-bond donors (Lipinski definition) is 1. The number of aromatic nitrogens is 1. The number of rotatable bonds is 2. The van der Waals surface area contributed by atoms with E-state index in [0.717, 1.165) is 48.9 Å². The number of nitriles is 1. The molecular weight excluding hydrogens is 310 g/mol. The number of anilines is 1. The van der Waals surface area contributed by atoms with Gasteiger partial charge in [-0.05, 0) is 43.9 Å². The molecule has 1 aromatic heterocycles. The minimum atomic E-state index is 0.341. The molecule has 0 spiro atoms. The molecule has 2 aliphatic rings. The monoisotopic (exact) mass is 327 g/mol. The summed E-state index contributed by atoms with van der Waals surface area (Å²) in [6, 6.07) is 8.21. The molecule has 1 aliphatic carbocycles. The Bertz CT molecular complexity index is 786. The van der Waals surface area contributed by atoms with E-state index in [1.165, 1.54) is 0 Å². The van der Waals surface area contributed by atoms with Crippen LogP contribution in [0.4, 0.5) is 5.69 Å². The summed E-state index contributed by atoms with van der Waals surface area (Å²) >= 11 is 6.16. The number of hydrogen-bond acceptors (Lipinski definition) is 4. The Morgan fingerprint density at radius 1 is 1.30 bits per heavy atom. The van der Waals surface area contributed by atoms with E-state index < -0.39 is 0 Å². The molecule has 1 N–H and O–H groups in total. The molecule has 3 unspecified atom stereocenters. The fourth-order valence-corrected chi connectivity index (χ4v) is 4.12. The van der Waals surface area contributed by atoms with Crippen LogP contribution in [0.1, 0.15) is 31.2 Å². The minimum Gasteiger partial charge on any atom is -0.380 e. The summed E-state index contributed by atoms with van der Waals surface area (Å²) in [6.45, 7) is 0.849. The molecule has 1 saturated carbocycles. The maximum absolute atomic E-state index is 9.48. The molecule has 2 fully saturated rings. The van der Waals surface area contributed by atoms with Crippen molar-refractivity contribution >= 4 is 28.2 Å². The van der Waals surface area contributed by atoms with Gasteiger partial charge in [0.2, 0.25) is 0 Å². The van der Waals surface area contributed by atoms with Gasteiger partial charge in [0.15, 0.2) is 0 Å². The lowest BCUT2D eigenvalue weighted by Crippen LogP contribution is -2.38. The third-order valence-electron chi connectivity index (χ3n) is 5.06. The highest BCUT2D eigenvalue weighted by molar-refractivity contribution is 6.31. The predicted molar refractivity (Wildman–Crippen MR) is 90.6 cm³/mol. The van der Waals surface area contributed by atoms with Crippen molar-refractivity contribution in [1.29, 1.82) is 5.26 Å². The summed E-state index contributed by atoms with van der Waals surface area (Å²) in [6.07, 6.45) is 6.52. The number of nitrogens with zero attached hydrogens (tertiary/aromatic N) is 2. The summed E-state index contributed by atoms with van der Waals surface area (Å²) in [5.41, 5.74) is 2.28. The summed E-state index contributed by atoms with van der Waals surface area (Å²) in [7, 11) is 0. The molecule has 5 heteroatoms. The van der Waals surface area contributed by atoms with Crippen LogP contribution in [-0.2, 0) is 4.74 Å². The van der Waals surface area contributed by atoms with Gasteiger partial charge >= 0.3 is 0 Å². The van der Waals surface area contributed by atoms with Gasteiger partial charge in [0, 0.05) is 35.2 Å². The van der Waals surface area contributed by atoms with Gasteiger partial charge in [0.1, 0.15) is 6.07 Å². The normalized spacial score (nSPS) is 26.7. The van der Waals surface area contributed by atoms with E-state index in [1.807, 2.05) is 18.2 Å². The van der Waals surface area contributed by atoms with Crippen LogP contribution in [0.15, 0.2) is 24.4 Å². The lowest BCUT2D eigenvalue weighted by Gasteiger charge is -2.34. The second-order valence-corrected chi connectivity index (χ2v) is 6.80. The van der Waals surface area contributed by atoms with Gasteiger partial charge in [-0.15, -0.1) is 0 Å². The van der Waals surface area contributed by atoms with Crippen molar-refractivity contribution in [2.45, 2.75) is 37.8 Å². The maximum Gasteiger partial charge on any atom is 0.103 e. The van der Waals surface area contributed by atoms with Gasteiger partial charge in [-0.25, -0.2) is 0 Å². The Labute approximate surface area is 140 Å². The molecule has 0 radical (unpaired) electrons. The molecular formula is C18H18ClN3O. The second-order valence-electron chi connectivity index (χ2n) is 6.36. The van der Waals surface area contributed by atoms with Crippen LogP contribution >= 0.6 is 11.6 Å². The standard InChI is InChI=1S/C18H18ClN3O/c19-12-4-5-15-14(8-12)18(11(9-20)10-21-15)22-16-2-1-3-17-13(16)6-7-23-17/h4-5,8,10,13,16-17H,1-3,6-7H2,(H,21,22). The van der Waals surface area contributed by atoms with Crippen molar-refractivity contribution in [1.82, 2.24) is 4.98 Å². The summed E-state index contributed by atoms with van der Waals surface area (Å²) in [4.78, 5) is 4.37. The van der Waals surface area contributed by atoms with Crippen LogP contribution in [0.5, 0.6) is 0 Å². The van der Waals surface area contributed by atoms with Crippen molar-refractivity contribution < 1.29 is 4.74 Å². The van der Waals surface area contributed by atoms with Crippen molar-refractivity contribution in [2.75, 3.05) is 11.9 Å². The molecule has 2 heterocycles. The van der Waals surface area contributed by atoms with E-state index >= 15 is 0 Å². The molecule has 1 aliphatic heterocycles. The van der Waals surface area contributed by atoms with Gasteiger partial charge in [-0.3, -0.25) is 4.98 Å². The first kappa shape index (κ1) is 14.7. The fourth-order valence-electron chi connectivity index (χ4n) is 3.95. The number of benzene rings is 1. The average Bonchev–Trinajstić information content (AvgIpc) is 3.05. The molecule has 2 aromatic rings. The zero-order valence-electron chi connectivity index (χ0n) is 12.8. The van der Waals surface area contributed by atoms with Gasteiger partial charge in [-0.1, -0.05) is 11.6 Å². The Hall–Kier alpha value is -1.83. The first-order chi connectivity index (χ1) is 11.3. The van der Waals surface area contributed by atoms with E-state index in [9.17, 15) is 5.26 Å². The number of pyridine rings is 1. The molecule has 4 rings (SSSR count). The number of halogens is 1. The molecule has 23 heavy (non-hydrogen) atoms. The fraction of sp³-hybridized carbons (Fsp3) is 0.444. The molecule has 3 atom stereocenters. The molecule has 4 nitrogen and oxygen atoms in total. The Balaban J connectivity index is 1.75. The van der Waals surface area contributed by atoms with Crippen LogP contribution in [0.25, 0.3) is 10.9 Å². The molecule has 0 bridgehead atoms. The quantitative estimate of drug-likeness (QED) is 0.901. The molecule has 1 aromatic carbocycles. The summed E-state index contributed by atoms with van der Waals surface area (Å²) < 4.78 is 5.85. The van der Waals surface area contributed by atoms with Crippen molar-refractivity contribution in [3.05, 3.63) is 35.0 Å². The largest absolute Gasteiger partial charge is 0.380 e. The van der Waals surface area contributed by atoms with Crippen LogP contribution < -0.4 is 5.32 Å². The van der Waals surface area contributed by atoms with Gasteiger partial charge < -0.3 is 10.1 Å². The molecule has 0 amide bonds. The Kier molecular flexibility index (Phi) is 3.84. The maximum atomic E-state index is 9.48. The number of nitrogens with one attached hydrogen (secondary N) is 1. The van der Waals surface area contributed by atoms with E-state index in [0.29, 0.717) is 28.6 Å². The summed E-state index contributed by atoms with van der Waals surface area (Å²) in [5, 5.41) is 14.7. The third kappa shape index (κ3) is 2.65. The minimum absolute atomic E-state index is 0.341. The second kappa shape index (κ2) is 5.99. The molecule has 118 valence electrons. The van der Waals surface area contributed by atoms with E-state index in [4.69, 9.17) is 16.3 Å². The first-order valence-electron chi connectivity index (χ1n) is 8.13. The van der Waals surface area contributed by atoms with Gasteiger partial charge in [0.25, 0.3) is 0 Å².